The van der Waals surface area contributed by atoms with Crippen LogP contribution in [0.1, 0.15) is 60.5 Å². The quantitative estimate of drug-likeness (QED) is 0.0782. The summed E-state index contributed by atoms with van der Waals surface area (Å²) in [5.41, 5.74) is 3.84. The first-order chi connectivity index (χ1) is 23.5. The zero-order valence-corrected chi connectivity index (χ0v) is 31.0. The Morgan fingerprint density at radius 3 is 2.16 bits per heavy atom. The van der Waals surface area contributed by atoms with E-state index in [1.165, 1.54) is 33.1 Å². The van der Waals surface area contributed by atoms with E-state index in [0.29, 0.717) is 59.8 Å². The molecule has 10 nitrogen and oxygen atoms in total. The lowest BCUT2D eigenvalue weighted by Crippen LogP contribution is -2.37. The normalized spacial score (nSPS) is 11.5. The number of fused-ring (bicyclic) bond motifs is 1. The van der Waals surface area contributed by atoms with Crippen LogP contribution in [0.3, 0.4) is 0 Å². The fourth-order valence-corrected chi connectivity index (χ4v) is 6.72. The number of methoxy groups -OCH3 is 3. The van der Waals surface area contributed by atoms with Crippen molar-refractivity contribution >= 4 is 34.5 Å². The number of ether oxygens (including phenoxy) is 3. The number of rotatable bonds is 19. The molecule has 11 heteroatoms. The summed E-state index contributed by atoms with van der Waals surface area (Å²) >= 11 is 1.39. The van der Waals surface area contributed by atoms with Gasteiger partial charge in [-0.25, -0.2) is 4.98 Å². The number of aryl methyl sites for hydroxylation is 1. The van der Waals surface area contributed by atoms with Crippen LogP contribution in [0.5, 0.6) is 17.2 Å². The molecular formula is C38H51N5O5S. The summed E-state index contributed by atoms with van der Waals surface area (Å²) in [7, 11) is 6.72. The molecule has 0 aliphatic rings. The topological polar surface area (TPSA) is 99.0 Å². The molecule has 0 spiro atoms. The maximum absolute atomic E-state index is 13.7. The predicted octanol–water partition coefficient (Wildman–Crippen LogP) is 6.75. The second-order valence-electron chi connectivity index (χ2n) is 13.1. The Labute approximate surface area is 295 Å². The van der Waals surface area contributed by atoms with E-state index in [1.54, 1.807) is 12.1 Å². The van der Waals surface area contributed by atoms with Crippen LogP contribution in [0.15, 0.2) is 59.9 Å². The molecule has 0 saturated heterocycles. The van der Waals surface area contributed by atoms with Gasteiger partial charge in [0, 0.05) is 55.6 Å². The van der Waals surface area contributed by atoms with Gasteiger partial charge < -0.3 is 28.6 Å². The van der Waals surface area contributed by atoms with E-state index in [4.69, 9.17) is 19.2 Å². The molecule has 2 aromatic carbocycles. The number of hydrogen-bond donors (Lipinski definition) is 0. The van der Waals surface area contributed by atoms with E-state index in [-0.39, 0.29) is 17.4 Å². The van der Waals surface area contributed by atoms with Crippen molar-refractivity contribution in [2.75, 3.05) is 60.3 Å². The molecule has 0 unspecified atom stereocenters. The fraction of sp³-hybridized carbons (Fsp3) is 0.474. The third kappa shape index (κ3) is 10.2. The number of carbonyl (C=O) groups is 2. The molecule has 4 aromatic rings. The maximum atomic E-state index is 13.7. The van der Waals surface area contributed by atoms with E-state index >= 15 is 0 Å². The summed E-state index contributed by atoms with van der Waals surface area (Å²) in [5, 5.41) is 0.734. The van der Waals surface area contributed by atoms with Crippen LogP contribution in [0.2, 0.25) is 0 Å². The van der Waals surface area contributed by atoms with Gasteiger partial charge >= 0.3 is 0 Å². The van der Waals surface area contributed by atoms with Crippen LogP contribution in [-0.2, 0) is 13.0 Å². The minimum Gasteiger partial charge on any atom is -0.493 e. The monoisotopic (exact) mass is 689 g/mol. The van der Waals surface area contributed by atoms with Crippen molar-refractivity contribution in [2.45, 2.75) is 52.2 Å². The van der Waals surface area contributed by atoms with E-state index in [1.807, 2.05) is 41.4 Å². The maximum Gasteiger partial charge on any atom is 0.253 e. The number of aromatic nitrogens is 3. The number of benzene rings is 2. The van der Waals surface area contributed by atoms with Crippen LogP contribution >= 0.6 is 11.8 Å². The molecule has 0 bridgehead atoms. The lowest BCUT2D eigenvalue weighted by molar-refractivity contribution is 0.0715. The Kier molecular flexibility index (Phi) is 13.9. The molecule has 1 amide bonds. The Balaban J connectivity index is 1.57. The lowest BCUT2D eigenvalue weighted by Gasteiger charge is -2.26. The molecule has 264 valence electrons. The van der Waals surface area contributed by atoms with Crippen molar-refractivity contribution in [3.05, 3.63) is 71.5 Å². The highest BCUT2D eigenvalue weighted by Gasteiger charge is 2.22. The molecule has 0 aliphatic heterocycles. The molecule has 2 aromatic heterocycles. The summed E-state index contributed by atoms with van der Waals surface area (Å²) in [4.78, 5) is 40.9. The van der Waals surface area contributed by atoms with Crippen LogP contribution in [-0.4, -0.2) is 96.3 Å². The molecule has 0 aliphatic carbocycles. The standard InChI is InChI=1S/C38H51N5O5S/c1-26(2)23-42(24-27(3)4)37(45)28-13-14-32-31(20-28)40-38(43(32)18-11-17-41(5)19-15-30-12-9-10-16-39-30)49-25-33(44)29-21-34(46-6)36(48-8)35(22-29)47-7/h9-10,12-14,16,20-22,26-27H,11,15,17-19,23-25H2,1-8H3. The Bertz CT molecular complexity index is 1660. The molecule has 0 N–H and O–H groups in total. The van der Waals surface area contributed by atoms with Crippen LogP contribution in [0.4, 0.5) is 0 Å². The van der Waals surface area contributed by atoms with Crippen molar-refractivity contribution < 1.29 is 23.8 Å². The first-order valence-electron chi connectivity index (χ1n) is 16.9. The molecule has 4 rings (SSSR count). The minimum absolute atomic E-state index is 0.0140. The summed E-state index contributed by atoms with van der Waals surface area (Å²) in [5.74, 6) is 2.09. The number of hydrogen-bond acceptors (Lipinski definition) is 9. The summed E-state index contributed by atoms with van der Waals surface area (Å²) in [6.45, 7) is 12.4. The second kappa shape index (κ2) is 18.1. The van der Waals surface area contributed by atoms with E-state index < -0.39 is 0 Å². The SMILES string of the molecule is COc1cc(C(=O)CSc2nc3cc(C(=O)N(CC(C)C)CC(C)C)ccc3n2CCCN(C)CCc2ccccn2)cc(OC)c1OC. The number of ketones is 1. The van der Waals surface area contributed by atoms with Gasteiger partial charge in [0.2, 0.25) is 5.75 Å². The van der Waals surface area contributed by atoms with Gasteiger partial charge in [0.15, 0.2) is 22.4 Å². The van der Waals surface area contributed by atoms with Crippen LogP contribution in [0, 0.1) is 11.8 Å². The molecule has 2 heterocycles. The lowest BCUT2D eigenvalue weighted by atomic mass is 10.1. The Hall–Kier alpha value is -4.09. The van der Waals surface area contributed by atoms with Gasteiger partial charge in [-0.3, -0.25) is 14.6 Å². The van der Waals surface area contributed by atoms with Crippen molar-refractivity contribution in [3.8, 4) is 17.2 Å². The predicted molar refractivity (Wildman–Crippen MR) is 197 cm³/mol. The average Bonchev–Trinajstić information content (AvgIpc) is 3.44. The number of nitrogens with zero attached hydrogens (tertiary/aromatic N) is 5. The third-order valence-electron chi connectivity index (χ3n) is 8.13. The molecular weight excluding hydrogens is 639 g/mol. The number of likely N-dealkylation sites (N-methyl/N-ethyl adjacent to an activating group) is 1. The highest BCUT2D eigenvalue weighted by molar-refractivity contribution is 7.99. The van der Waals surface area contributed by atoms with Gasteiger partial charge in [0.25, 0.3) is 5.91 Å². The number of pyridine rings is 1. The van der Waals surface area contributed by atoms with Gasteiger partial charge in [-0.05, 0) is 74.3 Å². The van der Waals surface area contributed by atoms with Gasteiger partial charge in [0.05, 0.1) is 38.1 Å². The highest BCUT2D eigenvalue weighted by atomic mass is 32.2. The zero-order valence-electron chi connectivity index (χ0n) is 30.2. The average molecular weight is 690 g/mol. The molecule has 0 saturated carbocycles. The van der Waals surface area contributed by atoms with Crippen LogP contribution in [0.25, 0.3) is 11.0 Å². The van der Waals surface area contributed by atoms with E-state index in [2.05, 4.69) is 55.3 Å². The molecule has 49 heavy (non-hydrogen) atoms. The number of amides is 1. The Morgan fingerprint density at radius 1 is 0.878 bits per heavy atom. The van der Waals surface area contributed by atoms with Crippen molar-refractivity contribution in [1.82, 2.24) is 24.3 Å². The van der Waals surface area contributed by atoms with Gasteiger partial charge in [0.1, 0.15) is 0 Å². The fourth-order valence-electron chi connectivity index (χ4n) is 5.79. The van der Waals surface area contributed by atoms with E-state index in [0.717, 1.165) is 47.8 Å². The first kappa shape index (κ1) is 37.7. The summed E-state index contributed by atoms with van der Waals surface area (Å²) in [6.07, 6.45) is 3.60. The Morgan fingerprint density at radius 2 is 1.57 bits per heavy atom. The number of imidazole rings is 1. The first-order valence-corrected chi connectivity index (χ1v) is 17.9. The highest BCUT2D eigenvalue weighted by Crippen LogP contribution is 2.38. The number of Topliss-reactive ketones (excluding diaryl/α,β-unsaturated/α-hetero) is 1. The molecule has 0 radical (unpaired) electrons. The summed E-state index contributed by atoms with van der Waals surface area (Å²) < 4.78 is 18.5. The van der Waals surface area contributed by atoms with Crippen molar-refractivity contribution in [2.24, 2.45) is 11.8 Å². The molecule has 0 fully saturated rings. The number of thioether (sulfide) groups is 1. The third-order valence-corrected chi connectivity index (χ3v) is 9.11. The number of carbonyl (C=O) groups excluding carboxylic acids is 2. The van der Waals surface area contributed by atoms with Crippen molar-refractivity contribution in [3.63, 3.8) is 0 Å². The van der Waals surface area contributed by atoms with Gasteiger partial charge in [-0.15, -0.1) is 0 Å². The largest absolute Gasteiger partial charge is 0.493 e. The van der Waals surface area contributed by atoms with Crippen LogP contribution < -0.4 is 14.2 Å². The zero-order chi connectivity index (χ0) is 35.5. The summed E-state index contributed by atoms with van der Waals surface area (Å²) in [6, 6.07) is 15.1. The smallest absolute Gasteiger partial charge is 0.253 e. The van der Waals surface area contributed by atoms with Gasteiger partial charge in [-0.2, -0.15) is 0 Å². The minimum atomic E-state index is -0.0917. The van der Waals surface area contributed by atoms with E-state index in [9.17, 15) is 9.59 Å². The van der Waals surface area contributed by atoms with Gasteiger partial charge in [-0.1, -0.05) is 45.5 Å². The van der Waals surface area contributed by atoms with Crippen molar-refractivity contribution in [1.29, 1.82) is 0 Å². The second-order valence-corrected chi connectivity index (χ2v) is 14.0. The molecule has 0 atom stereocenters.